The molecule has 0 radical (unpaired) electrons. The summed E-state index contributed by atoms with van der Waals surface area (Å²) in [6.07, 6.45) is 8.26. The molecule has 0 bridgehead atoms. The van der Waals surface area contributed by atoms with Crippen LogP contribution in [-0.4, -0.2) is 11.7 Å². The van der Waals surface area contributed by atoms with Crippen molar-refractivity contribution in [2.24, 2.45) is 10.9 Å². The van der Waals surface area contributed by atoms with Crippen molar-refractivity contribution in [2.75, 3.05) is 6.54 Å². The first-order valence-electron chi connectivity index (χ1n) is 3.64. The van der Waals surface area contributed by atoms with Crippen molar-refractivity contribution in [3.63, 3.8) is 0 Å². The maximum Gasteiger partial charge on any atom is 0.0585 e. The third-order valence-electron chi connectivity index (χ3n) is 1.74. The molecule has 0 saturated heterocycles. The highest BCUT2D eigenvalue weighted by Crippen LogP contribution is 2.16. The molecule has 0 amide bonds. The topological polar surface area (TPSA) is 12.4 Å². The Hall–Kier alpha value is -0.460. The molecule has 1 atom stereocenters. The molecule has 0 fully saturated rings. The molecule has 1 nitrogen and oxygen atoms in total. The lowest BCUT2D eigenvalue weighted by molar-refractivity contribution is 0.552. The summed E-state index contributed by atoms with van der Waals surface area (Å²) in [5.74, 6) is 0.629. The van der Waals surface area contributed by atoms with E-state index >= 15 is 0 Å². The van der Waals surface area contributed by atoms with E-state index in [1.54, 1.807) is 0 Å². The second-order valence-electron chi connectivity index (χ2n) is 2.55. The number of thiocarbonyl (C=S) groups is 1. The third kappa shape index (κ3) is 2.42. The average Bonchev–Trinajstić information content (AvgIpc) is 2.03. The summed E-state index contributed by atoms with van der Waals surface area (Å²) in [5, 5.41) is 2.39. The van der Waals surface area contributed by atoms with E-state index < -0.39 is 0 Å². The van der Waals surface area contributed by atoms with E-state index in [4.69, 9.17) is 0 Å². The van der Waals surface area contributed by atoms with Crippen molar-refractivity contribution in [3.8, 4) is 0 Å². The van der Waals surface area contributed by atoms with Crippen LogP contribution in [0.1, 0.15) is 19.3 Å². The molecule has 10 heavy (non-hydrogen) atoms. The quantitative estimate of drug-likeness (QED) is 0.337. The van der Waals surface area contributed by atoms with E-state index in [1.165, 1.54) is 19.3 Å². The Morgan fingerprint density at radius 2 is 2.60 bits per heavy atom. The first-order chi connectivity index (χ1) is 4.93. The molecular formula is C8H11NS. The zero-order chi connectivity index (χ0) is 7.23. The summed E-state index contributed by atoms with van der Waals surface area (Å²) in [4.78, 5) is 3.91. The second-order valence-corrected chi connectivity index (χ2v) is 2.73. The fourth-order valence-corrected chi connectivity index (χ4v) is 1.26. The first kappa shape index (κ1) is 7.64. The number of hydrogen-bond donors (Lipinski definition) is 0. The van der Waals surface area contributed by atoms with Crippen molar-refractivity contribution < 1.29 is 0 Å². The van der Waals surface area contributed by atoms with E-state index in [9.17, 15) is 0 Å². The second kappa shape index (κ2) is 4.37. The van der Waals surface area contributed by atoms with Gasteiger partial charge in [-0.05, 0) is 37.4 Å². The average molecular weight is 153 g/mol. The minimum absolute atomic E-state index is 0.629. The molecule has 0 N–H and O–H groups in total. The van der Waals surface area contributed by atoms with Crippen LogP contribution in [0.25, 0.3) is 0 Å². The van der Waals surface area contributed by atoms with Crippen molar-refractivity contribution in [3.05, 3.63) is 12.2 Å². The Labute approximate surface area is 66.9 Å². The van der Waals surface area contributed by atoms with Crippen LogP contribution in [-0.2, 0) is 0 Å². The van der Waals surface area contributed by atoms with Crippen LogP contribution in [0.2, 0.25) is 0 Å². The highest BCUT2D eigenvalue weighted by Gasteiger charge is 2.05. The molecule has 0 aromatic rings. The fourth-order valence-electron chi connectivity index (χ4n) is 1.19. The molecule has 1 rings (SSSR count). The van der Waals surface area contributed by atoms with Crippen LogP contribution in [0.5, 0.6) is 0 Å². The highest BCUT2D eigenvalue weighted by atomic mass is 32.1. The van der Waals surface area contributed by atoms with Gasteiger partial charge in [0.25, 0.3) is 0 Å². The van der Waals surface area contributed by atoms with Gasteiger partial charge in [0.15, 0.2) is 0 Å². The Morgan fingerprint density at radius 1 is 1.70 bits per heavy atom. The largest absolute Gasteiger partial charge is 0.232 e. The van der Waals surface area contributed by atoms with Gasteiger partial charge in [0.05, 0.1) is 11.7 Å². The van der Waals surface area contributed by atoms with Crippen molar-refractivity contribution >= 4 is 17.4 Å². The molecule has 0 aromatic carbocycles. The molecule has 0 aromatic heterocycles. The van der Waals surface area contributed by atoms with Crippen LogP contribution < -0.4 is 0 Å². The van der Waals surface area contributed by atoms with E-state index in [-0.39, 0.29) is 0 Å². The van der Waals surface area contributed by atoms with Crippen LogP contribution in [0, 0.1) is 5.92 Å². The summed E-state index contributed by atoms with van der Waals surface area (Å²) in [5.41, 5.74) is 0. The zero-order valence-electron chi connectivity index (χ0n) is 5.92. The van der Waals surface area contributed by atoms with Gasteiger partial charge in [-0.3, -0.25) is 0 Å². The number of allylic oxidation sites excluding steroid dienone is 1. The zero-order valence-corrected chi connectivity index (χ0v) is 6.73. The van der Waals surface area contributed by atoms with Crippen molar-refractivity contribution in [1.82, 2.24) is 0 Å². The predicted molar refractivity (Wildman–Crippen MR) is 46.4 cm³/mol. The van der Waals surface area contributed by atoms with E-state index in [2.05, 4.69) is 34.5 Å². The van der Waals surface area contributed by atoms with E-state index in [0.29, 0.717) is 5.92 Å². The molecule has 0 heterocycles. The summed E-state index contributed by atoms with van der Waals surface area (Å²) in [6, 6.07) is 0. The van der Waals surface area contributed by atoms with Crippen LogP contribution in [0.15, 0.2) is 17.1 Å². The lowest BCUT2D eigenvalue weighted by atomic mass is 9.96. The molecular weight excluding hydrogens is 142 g/mol. The minimum atomic E-state index is 0.629. The van der Waals surface area contributed by atoms with Gasteiger partial charge in [-0.2, -0.15) is 0 Å². The number of isothiocyanates is 1. The lowest BCUT2D eigenvalue weighted by Crippen LogP contribution is -2.03. The third-order valence-corrected chi connectivity index (χ3v) is 1.87. The molecule has 1 aliphatic rings. The van der Waals surface area contributed by atoms with Gasteiger partial charge < -0.3 is 0 Å². The Morgan fingerprint density at radius 3 is 3.20 bits per heavy atom. The maximum absolute atomic E-state index is 4.48. The summed E-state index contributed by atoms with van der Waals surface area (Å²) in [7, 11) is 0. The van der Waals surface area contributed by atoms with Crippen molar-refractivity contribution in [2.45, 2.75) is 19.3 Å². The summed E-state index contributed by atoms with van der Waals surface area (Å²) in [6.45, 7) is 0.833. The Bertz CT molecular complexity index is 168. The van der Waals surface area contributed by atoms with E-state index in [1.807, 2.05) is 0 Å². The van der Waals surface area contributed by atoms with E-state index in [0.717, 1.165) is 6.54 Å². The fraction of sp³-hybridized carbons (Fsp3) is 0.625. The summed E-state index contributed by atoms with van der Waals surface area (Å²) < 4.78 is 0. The number of rotatable bonds is 2. The molecule has 0 aliphatic heterocycles. The standard InChI is InChI=1S/C8H11NS/c10-7-9-6-8-4-2-1-3-5-8/h2,4,8H,1,3,5-6H2. The Balaban J connectivity index is 2.32. The van der Waals surface area contributed by atoms with Gasteiger partial charge in [0.1, 0.15) is 0 Å². The normalized spacial score (nSPS) is 23.8. The highest BCUT2D eigenvalue weighted by molar-refractivity contribution is 7.78. The van der Waals surface area contributed by atoms with Gasteiger partial charge in [0, 0.05) is 0 Å². The lowest BCUT2D eigenvalue weighted by Gasteiger charge is -2.12. The van der Waals surface area contributed by atoms with Crippen molar-refractivity contribution in [1.29, 1.82) is 0 Å². The molecule has 1 aliphatic carbocycles. The number of nitrogens with zero attached hydrogens (tertiary/aromatic N) is 1. The number of aliphatic imine (C=N–C) groups is 1. The summed E-state index contributed by atoms with van der Waals surface area (Å²) >= 11 is 4.48. The van der Waals surface area contributed by atoms with Gasteiger partial charge >= 0.3 is 0 Å². The molecule has 0 saturated carbocycles. The van der Waals surface area contributed by atoms with Crippen LogP contribution in [0.4, 0.5) is 0 Å². The smallest absolute Gasteiger partial charge is 0.0585 e. The molecule has 54 valence electrons. The van der Waals surface area contributed by atoms with Gasteiger partial charge in [-0.15, -0.1) is 0 Å². The van der Waals surface area contributed by atoms with Gasteiger partial charge in [-0.1, -0.05) is 12.2 Å². The van der Waals surface area contributed by atoms with Gasteiger partial charge in [-0.25, -0.2) is 4.99 Å². The van der Waals surface area contributed by atoms with Crippen LogP contribution >= 0.6 is 12.2 Å². The molecule has 0 spiro atoms. The molecule has 1 unspecified atom stereocenters. The first-order valence-corrected chi connectivity index (χ1v) is 4.04. The minimum Gasteiger partial charge on any atom is -0.232 e. The van der Waals surface area contributed by atoms with Gasteiger partial charge in [0.2, 0.25) is 0 Å². The SMILES string of the molecule is S=C=NCC1C=CCCC1. The Kier molecular flexibility index (Phi) is 3.34. The number of hydrogen-bond acceptors (Lipinski definition) is 2. The maximum atomic E-state index is 4.48. The predicted octanol–water partition coefficient (Wildman–Crippen LogP) is 2.45. The van der Waals surface area contributed by atoms with Crippen LogP contribution in [0.3, 0.4) is 0 Å². The monoisotopic (exact) mass is 153 g/mol. The molecule has 2 heteroatoms.